The molecule has 4 rings (SSSR count). The lowest BCUT2D eigenvalue weighted by atomic mass is 9.99. The van der Waals surface area contributed by atoms with Gasteiger partial charge in [-0.15, -0.1) is 0 Å². The number of rotatable bonds is 5. The third kappa shape index (κ3) is 3.73. The first-order chi connectivity index (χ1) is 13.7. The topological polar surface area (TPSA) is 68.1 Å². The summed E-state index contributed by atoms with van der Waals surface area (Å²) in [6.45, 7) is 0. The molecule has 0 radical (unpaired) electrons. The number of benzene rings is 3. The fraction of sp³-hybridized carbons (Fsp3) is 0. The molecule has 1 heterocycles. The van der Waals surface area contributed by atoms with Gasteiger partial charge < -0.3 is 5.32 Å². The first-order valence-corrected chi connectivity index (χ1v) is 8.83. The number of nitrogens with one attached hydrogen (secondary N) is 1. The molecular weight excluding hydrogens is 350 g/mol. The van der Waals surface area contributed by atoms with Crippen molar-refractivity contribution in [3.63, 3.8) is 0 Å². The Labute approximate surface area is 162 Å². The summed E-state index contributed by atoms with van der Waals surface area (Å²) < 4.78 is 0. The van der Waals surface area contributed by atoms with Gasteiger partial charge in [-0.05, 0) is 46.5 Å². The van der Waals surface area contributed by atoms with E-state index in [0.717, 1.165) is 27.9 Å². The van der Waals surface area contributed by atoms with Crippen molar-refractivity contribution < 1.29 is 4.92 Å². The highest BCUT2D eigenvalue weighted by Crippen LogP contribution is 2.30. The molecule has 0 aliphatic heterocycles. The second kappa shape index (κ2) is 7.72. The van der Waals surface area contributed by atoms with E-state index >= 15 is 0 Å². The minimum absolute atomic E-state index is 0.0565. The van der Waals surface area contributed by atoms with Crippen molar-refractivity contribution in [3.05, 3.63) is 107 Å². The van der Waals surface area contributed by atoms with E-state index in [4.69, 9.17) is 0 Å². The highest BCUT2D eigenvalue weighted by molar-refractivity contribution is 5.76. The smallest absolute Gasteiger partial charge is 0.311 e. The van der Waals surface area contributed by atoms with Crippen LogP contribution in [0, 0.1) is 10.1 Å². The van der Waals surface area contributed by atoms with Crippen LogP contribution in [-0.2, 0) is 0 Å². The monoisotopic (exact) mass is 367 g/mol. The molecule has 0 fully saturated rings. The van der Waals surface area contributed by atoms with Crippen molar-refractivity contribution in [3.8, 4) is 22.3 Å². The third-order valence-corrected chi connectivity index (χ3v) is 4.41. The number of hydrogen-bond donors (Lipinski definition) is 1. The summed E-state index contributed by atoms with van der Waals surface area (Å²) in [6, 6.07) is 29.2. The van der Waals surface area contributed by atoms with Crippen LogP contribution in [0.3, 0.4) is 0 Å². The van der Waals surface area contributed by atoms with Crippen molar-refractivity contribution >= 4 is 17.2 Å². The summed E-state index contributed by atoms with van der Waals surface area (Å²) in [6.07, 6.45) is 1.53. The Morgan fingerprint density at radius 1 is 0.714 bits per heavy atom. The zero-order valence-corrected chi connectivity index (χ0v) is 14.9. The van der Waals surface area contributed by atoms with Gasteiger partial charge in [0.2, 0.25) is 5.82 Å². The Bertz CT molecular complexity index is 1130. The van der Waals surface area contributed by atoms with E-state index in [0.29, 0.717) is 0 Å². The maximum atomic E-state index is 11.2. The van der Waals surface area contributed by atoms with E-state index in [-0.39, 0.29) is 11.5 Å². The van der Waals surface area contributed by atoms with Gasteiger partial charge in [0.15, 0.2) is 0 Å². The van der Waals surface area contributed by atoms with Crippen molar-refractivity contribution in [2.45, 2.75) is 0 Å². The summed E-state index contributed by atoms with van der Waals surface area (Å²) in [5.74, 6) is 0.225. The summed E-state index contributed by atoms with van der Waals surface area (Å²) >= 11 is 0. The normalized spacial score (nSPS) is 10.4. The molecule has 0 saturated heterocycles. The van der Waals surface area contributed by atoms with E-state index in [2.05, 4.69) is 40.6 Å². The molecule has 3 aromatic carbocycles. The summed E-state index contributed by atoms with van der Waals surface area (Å²) in [5, 5.41) is 14.3. The molecule has 28 heavy (non-hydrogen) atoms. The Morgan fingerprint density at radius 3 is 2.11 bits per heavy atom. The molecule has 1 aromatic heterocycles. The second-order valence-corrected chi connectivity index (χ2v) is 6.28. The highest BCUT2D eigenvalue weighted by Gasteiger charge is 2.14. The van der Waals surface area contributed by atoms with Crippen molar-refractivity contribution in [1.29, 1.82) is 0 Å². The number of nitro groups is 1. The molecule has 0 aliphatic rings. The van der Waals surface area contributed by atoms with Crippen molar-refractivity contribution in [1.82, 2.24) is 4.98 Å². The van der Waals surface area contributed by atoms with Crippen molar-refractivity contribution in [2.75, 3.05) is 5.32 Å². The zero-order valence-electron chi connectivity index (χ0n) is 14.9. The third-order valence-electron chi connectivity index (χ3n) is 4.41. The van der Waals surface area contributed by atoms with Crippen LogP contribution < -0.4 is 5.32 Å². The molecule has 0 atom stereocenters. The fourth-order valence-electron chi connectivity index (χ4n) is 3.06. The molecule has 0 bridgehead atoms. The lowest BCUT2D eigenvalue weighted by Crippen LogP contribution is -1.99. The molecule has 1 N–H and O–H groups in total. The van der Waals surface area contributed by atoms with Crippen LogP contribution in [-0.4, -0.2) is 9.91 Å². The fourth-order valence-corrected chi connectivity index (χ4v) is 3.06. The Morgan fingerprint density at radius 2 is 1.36 bits per heavy atom. The van der Waals surface area contributed by atoms with Crippen molar-refractivity contribution in [2.24, 2.45) is 0 Å². The quantitative estimate of drug-likeness (QED) is 0.343. The lowest BCUT2D eigenvalue weighted by Gasteiger charge is -2.10. The minimum atomic E-state index is -0.442. The molecule has 0 unspecified atom stereocenters. The SMILES string of the molecule is O=[N+]([O-])c1cccnc1Nc1cccc(-c2cccc(-c3ccccc3)c2)c1. The maximum Gasteiger partial charge on any atom is 0.311 e. The lowest BCUT2D eigenvalue weighted by molar-refractivity contribution is -0.384. The van der Waals surface area contributed by atoms with Gasteiger partial charge in [-0.25, -0.2) is 4.98 Å². The van der Waals surface area contributed by atoms with Crippen LogP contribution in [0.4, 0.5) is 17.2 Å². The zero-order chi connectivity index (χ0) is 19.3. The predicted molar refractivity (Wildman–Crippen MR) is 111 cm³/mol. The number of anilines is 2. The highest BCUT2D eigenvalue weighted by atomic mass is 16.6. The first kappa shape index (κ1) is 17.4. The summed E-state index contributed by atoms with van der Waals surface area (Å²) in [4.78, 5) is 14.9. The molecule has 0 aliphatic carbocycles. The molecule has 136 valence electrons. The van der Waals surface area contributed by atoms with Crippen LogP contribution >= 0.6 is 0 Å². The van der Waals surface area contributed by atoms with Gasteiger partial charge in [-0.1, -0.05) is 60.7 Å². The van der Waals surface area contributed by atoms with E-state index in [1.165, 1.54) is 12.3 Å². The molecule has 0 amide bonds. The molecule has 5 heteroatoms. The molecular formula is C23H17N3O2. The van der Waals surface area contributed by atoms with Crippen LogP contribution in [0.2, 0.25) is 0 Å². The number of hydrogen-bond acceptors (Lipinski definition) is 4. The van der Waals surface area contributed by atoms with Gasteiger partial charge in [0, 0.05) is 18.0 Å². The first-order valence-electron chi connectivity index (χ1n) is 8.83. The van der Waals surface area contributed by atoms with E-state index < -0.39 is 4.92 Å². The largest absolute Gasteiger partial charge is 0.334 e. The van der Waals surface area contributed by atoms with E-state index in [1.54, 1.807) is 6.07 Å². The van der Waals surface area contributed by atoms with Crippen LogP contribution in [0.1, 0.15) is 0 Å². The Balaban J connectivity index is 1.66. The van der Waals surface area contributed by atoms with Gasteiger partial charge in [0.05, 0.1) is 4.92 Å². The number of nitrogens with zero attached hydrogens (tertiary/aromatic N) is 2. The van der Waals surface area contributed by atoms with E-state index in [9.17, 15) is 10.1 Å². The van der Waals surface area contributed by atoms with Gasteiger partial charge in [0.1, 0.15) is 0 Å². The van der Waals surface area contributed by atoms with Crippen LogP contribution in [0.25, 0.3) is 22.3 Å². The number of pyridine rings is 1. The predicted octanol–water partition coefficient (Wildman–Crippen LogP) is 6.07. The van der Waals surface area contributed by atoms with Crippen LogP contribution in [0.15, 0.2) is 97.2 Å². The van der Waals surface area contributed by atoms with Gasteiger partial charge >= 0.3 is 5.69 Å². The minimum Gasteiger partial charge on any atom is -0.334 e. The maximum absolute atomic E-state index is 11.2. The Kier molecular flexibility index (Phi) is 4.80. The standard InChI is InChI=1S/C23H17N3O2/c27-26(28)22-13-6-14-24-23(22)25-21-12-5-11-20(16-21)19-10-4-9-18(15-19)17-7-2-1-3-8-17/h1-16H,(H,24,25). The summed E-state index contributed by atoms with van der Waals surface area (Å²) in [7, 11) is 0. The average molecular weight is 367 g/mol. The number of aromatic nitrogens is 1. The van der Waals surface area contributed by atoms with Gasteiger partial charge in [0.25, 0.3) is 0 Å². The molecule has 5 nitrogen and oxygen atoms in total. The summed E-state index contributed by atoms with van der Waals surface area (Å²) in [5.41, 5.74) is 5.06. The average Bonchev–Trinajstić information content (AvgIpc) is 2.75. The van der Waals surface area contributed by atoms with Gasteiger partial charge in [-0.2, -0.15) is 0 Å². The van der Waals surface area contributed by atoms with E-state index in [1.807, 2.05) is 48.5 Å². The second-order valence-electron chi connectivity index (χ2n) is 6.28. The molecule has 4 aromatic rings. The van der Waals surface area contributed by atoms with Gasteiger partial charge in [-0.3, -0.25) is 10.1 Å². The Hall–Kier alpha value is -3.99. The molecule has 0 saturated carbocycles. The van der Waals surface area contributed by atoms with Crippen LogP contribution in [0.5, 0.6) is 0 Å². The molecule has 0 spiro atoms.